The summed E-state index contributed by atoms with van der Waals surface area (Å²) >= 11 is 0. The minimum absolute atomic E-state index is 0.00758. The van der Waals surface area contributed by atoms with Crippen molar-refractivity contribution in [3.8, 4) is 0 Å². The third-order valence-electron chi connectivity index (χ3n) is 5.55. The summed E-state index contributed by atoms with van der Waals surface area (Å²) in [7, 11) is -2.20. The van der Waals surface area contributed by atoms with Gasteiger partial charge in [-0.05, 0) is 49.1 Å². The van der Waals surface area contributed by atoms with Gasteiger partial charge in [-0.1, -0.05) is 25.0 Å². The summed E-state index contributed by atoms with van der Waals surface area (Å²) in [5.74, 6) is 0.281. The summed E-state index contributed by atoms with van der Waals surface area (Å²) in [5, 5.41) is 0. The van der Waals surface area contributed by atoms with E-state index in [9.17, 15) is 18.0 Å². The number of anilines is 1. The van der Waals surface area contributed by atoms with Crippen LogP contribution in [0.1, 0.15) is 36.0 Å². The molecular weight excluding hydrogens is 404 g/mol. The van der Waals surface area contributed by atoms with E-state index in [0.717, 1.165) is 12.8 Å². The zero-order valence-corrected chi connectivity index (χ0v) is 17.5. The fourth-order valence-electron chi connectivity index (χ4n) is 4.01. The molecule has 1 aliphatic carbocycles. The van der Waals surface area contributed by atoms with Gasteiger partial charge in [-0.3, -0.25) is 9.52 Å². The van der Waals surface area contributed by atoms with E-state index in [1.165, 1.54) is 31.0 Å². The van der Waals surface area contributed by atoms with Gasteiger partial charge in [0.2, 0.25) is 0 Å². The van der Waals surface area contributed by atoms with Gasteiger partial charge in [-0.15, -0.1) is 0 Å². The molecule has 1 aromatic heterocycles. The number of carbonyl (C=O) groups is 1. The first-order valence-electron chi connectivity index (χ1n) is 9.93. The Balaban J connectivity index is 1.59. The summed E-state index contributed by atoms with van der Waals surface area (Å²) in [5.41, 5.74) is 1.03. The molecule has 1 heterocycles. The number of hydrogen-bond acceptors (Lipinski definition) is 4. The number of para-hydroxylation sites is 1. The van der Waals surface area contributed by atoms with Crippen molar-refractivity contribution in [3.05, 3.63) is 58.5 Å². The van der Waals surface area contributed by atoms with Crippen LogP contribution in [0.5, 0.6) is 0 Å². The van der Waals surface area contributed by atoms with Crippen molar-refractivity contribution in [1.82, 2.24) is 14.9 Å². The predicted molar refractivity (Wildman–Crippen MR) is 115 cm³/mol. The summed E-state index contributed by atoms with van der Waals surface area (Å²) in [6.07, 6.45) is 4.63. The van der Waals surface area contributed by atoms with Crippen LogP contribution in [0.2, 0.25) is 0 Å². The second-order valence-electron chi connectivity index (χ2n) is 7.77. The number of amides is 1. The number of sulfonamides is 1. The largest absolute Gasteiger partial charge is 0.341 e. The van der Waals surface area contributed by atoms with E-state index in [-0.39, 0.29) is 16.5 Å². The van der Waals surface area contributed by atoms with Gasteiger partial charge in [-0.25, -0.2) is 13.2 Å². The molecule has 30 heavy (non-hydrogen) atoms. The van der Waals surface area contributed by atoms with Crippen LogP contribution >= 0.6 is 0 Å². The number of aromatic nitrogens is 2. The quantitative estimate of drug-likeness (QED) is 0.560. The maximum Gasteiger partial charge on any atom is 0.323 e. The Hall–Kier alpha value is -3.07. The topological polar surface area (TPSA) is 115 Å². The summed E-state index contributed by atoms with van der Waals surface area (Å²) in [4.78, 5) is 31.2. The SMILES string of the molecule is CN(CC1CCCC1)C(=O)c1ccccc1NS(=O)(=O)c1ccc2[nH]c(=O)[nH]c2c1. The van der Waals surface area contributed by atoms with Gasteiger partial charge in [0.25, 0.3) is 15.9 Å². The average molecular weight is 429 g/mol. The zero-order chi connectivity index (χ0) is 21.3. The predicted octanol–water partition coefficient (Wildman–Crippen LogP) is 2.92. The second-order valence-corrected chi connectivity index (χ2v) is 9.46. The van der Waals surface area contributed by atoms with Crippen molar-refractivity contribution in [2.75, 3.05) is 18.3 Å². The van der Waals surface area contributed by atoms with Crippen LogP contribution in [0.3, 0.4) is 0 Å². The third kappa shape index (κ3) is 4.11. The minimum Gasteiger partial charge on any atom is -0.341 e. The lowest BCUT2D eigenvalue weighted by molar-refractivity contribution is 0.0774. The van der Waals surface area contributed by atoms with Crippen LogP contribution in [-0.4, -0.2) is 42.8 Å². The van der Waals surface area contributed by atoms with E-state index in [4.69, 9.17) is 0 Å². The molecule has 0 saturated heterocycles. The third-order valence-corrected chi connectivity index (χ3v) is 6.92. The van der Waals surface area contributed by atoms with Gasteiger partial charge in [0.1, 0.15) is 0 Å². The second kappa shape index (κ2) is 7.98. The number of nitrogens with zero attached hydrogens (tertiary/aromatic N) is 1. The van der Waals surface area contributed by atoms with Crippen LogP contribution in [0.4, 0.5) is 5.69 Å². The molecule has 9 heteroatoms. The van der Waals surface area contributed by atoms with Crippen molar-refractivity contribution in [2.24, 2.45) is 5.92 Å². The molecule has 0 radical (unpaired) electrons. The number of carbonyl (C=O) groups excluding carboxylic acids is 1. The highest BCUT2D eigenvalue weighted by Crippen LogP contribution is 2.27. The Morgan fingerprint density at radius 2 is 1.80 bits per heavy atom. The van der Waals surface area contributed by atoms with Crippen LogP contribution in [-0.2, 0) is 10.0 Å². The summed E-state index contributed by atoms with van der Waals surface area (Å²) in [6.45, 7) is 0.664. The molecule has 0 atom stereocenters. The molecule has 1 saturated carbocycles. The number of fused-ring (bicyclic) bond motifs is 1. The maximum atomic E-state index is 13.0. The fraction of sp³-hybridized carbons (Fsp3) is 0.333. The van der Waals surface area contributed by atoms with E-state index in [1.54, 1.807) is 36.2 Å². The molecule has 0 bridgehead atoms. The lowest BCUT2D eigenvalue weighted by atomic mass is 10.1. The van der Waals surface area contributed by atoms with E-state index >= 15 is 0 Å². The molecule has 3 aromatic rings. The molecule has 8 nitrogen and oxygen atoms in total. The molecule has 1 amide bonds. The van der Waals surface area contributed by atoms with Gasteiger partial charge in [0, 0.05) is 13.6 Å². The highest BCUT2D eigenvalue weighted by Gasteiger charge is 2.24. The van der Waals surface area contributed by atoms with Gasteiger partial charge >= 0.3 is 5.69 Å². The van der Waals surface area contributed by atoms with Crippen molar-refractivity contribution < 1.29 is 13.2 Å². The van der Waals surface area contributed by atoms with Gasteiger partial charge in [-0.2, -0.15) is 0 Å². The average Bonchev–Trinajstić information content (AvgIpc) is 3.35. The van der Waals surface area contributed by atoms with Crippen LogP contribution in [0.15, 0.2) is 52.2 Å². The normalized spacial score (nSPS) is 14.8. The van der Waals surface area contributed by atoms with Crippen LogP contribution in [0, 0.1) is 5.92 Å². The number of rotatable bonds is 6. The number of imidazole rings is 1. The zero-order valence-electron chi connectivity index (χ0n) is 16.6. The molecule has 1 fully saturated rings. The number of benzene rings is 2. The molecule has 0 spiro atoms. The molecule has 3 N–H and O–H groups in total. The van der Waals surface area contributed by atoms with E-state index < -0.39 is 15.7 Å². The van der Waals surface area contributed by atoms with Crippen molar-refractivity contribution in [2.45, 2.75) is 30.6 Å². The van der Waals surface area contributed by atoms with Gasteiger partial charge < -0.3 is 14.9 Å². The smallest absolute Gasteiger partial charge is 0.323 e. The standard InChI is InChI=1S/C21H24N4O4S/c1-25(13-14-6-2-3-7-14)20(26)16-8-4-5-9-17(16)24-30(28,29)15-10-11-18-19(12-15)23-21(27)22-18/h4-5,8-12,14,24H,2-3,6-7,13H2,1H3,(H2,22,23,27). The summed E-state index contributed by atoms with van der Waals surface area (Å²) < 4.78 is 28.4. The molecule has 2 aromatic carbocycles. The first kappa shape index (κ1) is 20.2. The Morgan fingerprint density at radius 1 is 1.10 bits per heavy atom. The number of hydrogen-bond donors (Lipinski definition) is 3. The fourth-order valence-corrected chi connectivity index (χ4v) is 5.12. The van der Waals surface area contributed by atoms with E-state index in [2.05, 4.69) is 14.7 Å². The Morgan fingerprint density at radius 3 is 2.57 bits per heavy atom. The van der Waals surface area contributed by atoms with Gasteiger partial charge in [0.15, 0.2) is 0 Å². The molecule has 4 rings (SSSR count). The molecule has 0 aliphatic heterocycles. The lowest BCUT2D eigenvalue weighted by Crippen LogP contribution is -2.32. The van der Waals surface area contributed by atoms with Crippen molar-refractivity contribution in [3.63, 3.8) is 0 Å². The first-order valence-corrected chi connectivity index (χ1v) is 11.4. The van der Waals surface area contributed by atoms with Gasteiger partial charge in [0.05, 0.1) is 27.2 Å². The maximum absolute atomic E-state index is 13.0. The van der Waals surface area contributed by atoms with Crippen molar-refractivity contribution >= 4 is 32.7 Å². The molecule has 158 valence electrons. The highest BCUT2D eigenvalue weighted by atomic mass is 32.2. The van der Waals surface area contributed by atoms with Crippen molar-refractivity contribution in [1.29, 1.82) is 0 Å². The Kier molecular flexibility index (Phi) is 5.38. The van der Waals surface area contributed by atoms with E-state index in [0.29, 0.717) is 29.1 Å². The monoisotopic (exact) mass is 428 g/mol. The minimum atomic E-state index is -3.96. The molecular formula is C21H24N4O4S. The van der Waals surface area contributed by atoms with Crippen LogP contribution in [0.25, 0.3) is 11.0 Å². The molecule has 0 unspecified atom stereocenters. The highest BCUT2D eigenvalue weighted by molar-refractivity contribution is 7.92. The first-order chi connectivity index (χ1) is 14.3. The Bertz CT molecular complexity index is 1240. The lowest BCUT2D eigenvalue weighted by Gasteiger charge is -2.22. The van der Waals surface area contributed by atoms with Crippen LogP contribution < -0.4 is 10.4 Å². The van der Waals surface area contributed by atoms with E-state index in [1.807, 2.05) is 0 Å². The molecule has 1 aliphatic rings. The number of H-pyrrole nitrogens is 2. The summed E-state index contributed by atoms with van der Waals surface area (Å²) in [6, 6.07) is 10.9. The Labute approximate surface area is 174 Å². The number of aromatic amines is 2. The number of nitrogens with one attached hydrogen (secondary N) is 3.